The first-order valence-corrected chi connectivity index (χ1v) is 7.63. The molecule has 5 heteroatoms. The molecule has 1 saturated heterocycles. The molecule has 0 saturated carbocycles. The second-order valence-electron chi connectivity index (χ2n) is 6.41. The lowest BCUT2D eigenvalue weighted by Crippen LogP contribution is -2.48. The van der Waals surface area contributed by atoms with Crippen LogP contribution >= 0.6 is 11.3 Å². The third kappa shape index (κ3) is 3.15. The maximum atomic E-state index is 12.5. The molecular formula is C14H23N3OS. The summed E-state index contributed by atoms with van der Waals surface area (Å²) < 4.78 is 0. The van der Waals surface area contributed by atoms with Gasteiger partial charge in [0.15, 0.2) is 0 Å². The summed E-state index contributed by atoms with van der Waals surface area (Å²) in [6.45, 7) is 9.17. The number of carbonyl (C=O) groups excluding carboxylic acids is 1. The van der Waals surface area contributed by atoms with E-state index in [4.69, 9.17) is 5.73 Å². The van der Waals surface area contributed by atoms with Crippen molar-refractivity contribution in [2.75, 3.05) is 6.54 Å². The Hall–Kier alpha value is -0.940. The monoisotopic (exact) mass is 281 g/mol. The Morgan fingerprint density at radius 2 is 2.21 bits per heavy atom. The van der Waals surface area contributed by atoms with Crippen molar-refractivity contribution in [3.8, 4) is 0 Å². The summed E-state index contributed by atoms with van der Waals surface area (Å²) in [7, 11) is 0. The van der Waals surface area contributed by atoms with Crippen molar-refractivity contribution in [1.29, 1.82) is 0 Å². The van der Waals surface area contributed by atoms with Crippen molar-refractivity contribution < 1.29 is 4.79 Å². The topological polar surface area (TPSA) is 59.2 Å². The Bertz CT molecular complexity index is 464. The number of amides is 1. The van der Waals surface area contributed by atoms with Crippen molar-refractivity contribution in [2.24, 2.45) is 5.73 Å². The van der Waals surface area contributed by atoms with Gasteiger partial charge in [0, 0.05) is 24.0 Å². The van der Waals surface area contributed by atoms with Gasteiger partial charge in [0.05, 0.1) is 11.2 Å². The molecule has 0 radical (unpaired) electrons. The minimum atomic E-state index is -0.000928. The van der Waals surface area contributed by atoms with Crippen LogP contribution in [0.5, 0.6) is 0 Å². The molecule has 1 amide bonds. The van der Waals surface area contributed by atoms with Crippen LogP contribution < -0.4 is 5.73 Å². The number of thiazole rings is 1. The van der Waals surface area contributed by atoms with Crippen LogP contribution in [0.15, 0.2) is 6.20 Å². The average molecular weight is 281 g/mol. The van der Waals surface area contributed by atoms with Gasteiger partial charge in [0.25, 0.3) is 5.91 Å². The molecule has 0 unspecified atom stereocenters. The Morgan fingerprint density at radius 3 is 2.74 bits per heavy atom. The summed E-state index contributed by atoms with van der Waals surface area (Å²) in [5, 5.41) is 1.01. The van der Waals surface area contributed by atoms with Gasteiger partial charge in [-0.1, -0.05) is 20.8 Å². The van der Waals surface area contributed by atoms with E-state index in [1.165, 1.54) is 11.3 Å². The number of aromatic nitrogens is 1. The SMILES string of the molecule is C[C@H]1C[C@@H](N)CCN1C(=O)c1cnc(C(C)(C)C)s1. The van der Waals surface area contributed by atoms with Crippen molar-refractivity contribution in [2.45, 2.75) is 58.0 Å². The number of rotatable bonds is 1. The molecule has 1 aromatic heterocycles. The van der Waals surface area contributed by atoms with Gasteiger partial charge in [0.1, 0.15) is 4.88 Å². The Labute approximate surface area is 119 Å². The molecule has 0 aliphatic carbocycles. The minimum Gasteiger partial charge on any atom is -0.335 e. The van der Waals surface area contributed by atoms with Gasteiger partial charge in [-0.15, -0.1) is 11.3 Å². The Kier molecular flexibility index (Phi) is 3.97. The first kappa shape index (κ1) is 14.5. The fourth-order valence-corrected chi connectivity index (χ4v) is 3.30. The van der Waals surface area contributed by atoms with Gasteiger partial charge in [-0.3, -0.25) is 4.79 Å². The highest BCUT2D eigenvalue weighted by Crippen LogP contribution is 2.28. The number of likely N-dealkylation sites (tertiary alicyclic amines) is 1. The highest BCUT2D eigenvalue weighted by Gasteiger charge is 2.29. The van der Waals surface area contributed by atoms with E-state index in [0.29, 0.717) is 0 Å². The van der Waals surface area contributed by atoms with E-state index < -0.39 is 0 Å². The molecule has 0 aromatic carbocycles. The third-order valence-electron chi connectivity index (χ3n) is 3.54. The molecule has 2 heterocycles. The average Bonchev–Trinajstić information content (AvgIpc) is 2.76. The highest BCUT2D eigenvalue weighted by atomic mass is 32.1. The molecule has 4 nitrogen and oxygen atoms in total. The van der Waals surface area contributed by atoms with E-state index >= 15 is 0 Å². The minimum absolute atomic E-state index is 0.000928. The number of nitrogens with two attached hydrogens (primary N) is 1. The number of piperidine rings is 1. The summed E-state index contributed by atoms with van der Waals surface area (Å²) in [5.74, 6) is 0.104. The molecule has 0 bridgehead atoms. The molecule has 106 valence electrons. The van der Waals surface area contributed by atoms with Crippen LogP contribution in [-0.4, -0.2) is 34.4 Å². The number of nitrogens with zero attached hydrogens (tertiary/aromatic N) is 2. The molecule has 2 rings (SSSR count). The molecule has 19 heavy (non-hydrogen) atoms. The van der Waals surface area contributed by atoms with E-state index in [-0.39, 0.29) is 23.4 Å². The summed E-state index contributed by atoms with van der Waals surface area (Å²) in [5.41, 5.74) is 5.94. The standard InChI is InChI=1S/C14H23N3OS/c1-9-7-10(15)5-6-17(9)12(18)11-8-16-13(19-11)14(2,3)4/h8-10H,5-7,15H2,1-4H3/t9-,10-/m0/s1. The fraction of sp³-hybridized carbons (Fsp3) is 0.714. The van der Waals surface area contributed by atoms with Gasteiger partial charge in [-0.2, -0.15) is 0 Å². The maximum Gasteiger partial charge on any atom is 0.265 e. The van der Waals surface area contributed by atoms with Crippen LogP contribution in [0, 0.1) is 0 Å². The second kappa shape index (κ2) is 5.21. The van der Waals surface area contributed by atoms with Gasteiger partial charge in [-0.25, -0.2) is 4.98 Å². The van der Waals surface area contributed by atoms with Crippen LogP contribution in [0.1, 0.15) is 55.2 Å². The third-order valence-corrected chi connectivity index (χ3v) is 4.95. The summed E-state index contributed by atoms with van der Waals surface area (Å²) >= 11 is 1.51. The first-order chi connectivity index (χ1) is 8.79. The molecule has 1 aliphatic heterocycles. The van der Waals surface area contributed by atoms with Crippen molar-refractivity contribution in [1.82, 2.24) is 9.88 Å². The zero-order valence-electron chi connectivity index (χ0n) is 12.1. The Balaban J connectivity index is 2.14. The van der Waals surface area contributed by atoms with E-state index in [1.807, 2.05) is 4.90 Å². The van der Waals surface area contributed by atoms with Crippen molar-refractivity contribution >= 4 is 17.2 Å². The van der Waals surface area contributed by atoms with Crippen LogP contribution in [0.3, 0.4) is 0 Å². The largest absolute Gasteiger partial charge is 0.335 e. The van der Waals surface area contributed by atoms with Gasteiger partial charge < -0.3 is 10.6 Å². The zero-order valence-corrected chi connectivity index (χ0v) is 13.0. The predicted octanol–water partition coefficient (Wildman–Crippen LogP) is 2.39. The molecular weight excluding hydrogens is 258 g/mol. The summed E-state index contributed by atoms with van der Waals surface area (Å²) in [4.78, 5) is 19.6. The zero-order chi connectivity index (χ0) is 14.2. The molecule has 0 spiro atoms. The quantitative estimate of drug-likeness (QED) is 0.860. The van der Waals surface area contributed by atoms with Gasteiger partial charge >= 0.3 is 0 Å². The number of carbonyl (C=O) groups is 1. The normalized spacial score (nSPS) is 24.6. The molecule has 1 fully saturated rings. The molecule has 2 N–H and O–H groups in total. The van der Waals surface area contributed by atoms with E-state index in [0.717, 1.165) is 29.3 Å². The number of hydrogen-bond acceptors (Lipinski definition) is 4. The van der Waals surface area contributed by atoms with Crippen LogP contribution in [0.25, 0.3) is 0 Å². The lowest BCUT2D eigenvalue weighted by Gasteiger charge is -2.36. The Morgan fingerprint density at radius 1 is 1.53 bits per heavy atom. The lowest BCUT2D eigenvalue weighted by molar-refractivity contribution is 0.0624. The number of hydrogen-bond donors (Lipinski definition) is 1. The summed E-state index contributed by atoms with van der Waals surface area (Å²) in [6, 6.07) is 0.446. The molecule has 2 atom stereocenters. The lowest BCUT2D eigenvalue weighted by atomic mass is 9.98. The van der Waals surface area contributed by atoms with Crippen LogP contribution in [-0.2, 0) is 5.41 Å². The van der Waals surface area contributed by atoms with Crippen LogP contribution in [0.4, 0.5) is 0 Å². The van der Waals surface area contributed by atoms with Gasteiger partial charge in [-0.05, 0) is 19.8 Å². The van der Waals surface area contributed by atoms with Crippen LogP contribution in [0.2, 0.25) is 0 Å². The van der Waals surface area contributed by atoms with E-state index in [1.54, 1.807) is 6.20 Å². The van der Waals surface area contributed by atoms with E-state index in [2.05, 4.69) is 32.7 Å². The fourth-order valence-electron chi connectivity index (χ4n) is 2.37. The van der Waals surface area contributed by atoms with Gasteiger partial charge in [0.2, 0.25) is 0 Å². The molecule has 1 aliphatic rings. The second-order valence-corrected chi connectivity index (χ2v) is 7.44. The highest BCUT2D eigenvalue weighted by molar-refractivity contribution is 7.13. The van der Waals surface area contributed by atoms with Crippen molar-refractivity contribution in [3.63, 3.8) is 0 Å². The van der Waals surface area contributed by atoms with E-state index in [9.17, 15) is 4.79 Å². The predicted molar refractivity (Wildman–Crippen MR) is 78.5 cm³/mol. The first-order valence-electron chi connectivity index (χ1n) is 6.82. The summed E-state index contributed by atoms with van der Waals surface area (Å²) in [6.07, 6.45) is 3.49. The smallest absolute Gasteiger partial charge is 0.265 e. The van der Waals surface area contributed by atoms with Crippen molar-refractivity contribution in [3.05, 3.63) is 16.1 Å². The maximum absolute atomic E-state index is 12.5. The molecule has 1 aromatic rings.